The average Bonchev–Trinajstić information content (AvgIpc) is 2.88. The highest BCUT2D eigenvalue weighted by Gasteiger charge is 2.07. The van der Waals surface area contributed by atoms with Crippen molar-refractivity contribution in [2.45, 2.75) is 40.0 Å². The molecule has 0 aliphatic heterocycles. The number of hydrogen-bond donors (Lipinski definition) is 1. The van der Waals surface area contributed by atoms with Crippen LogP contribution in [0, 0.1) is 6.57 Å². The SMILES string of the molecule is [C-]#[N+]/C=C\c1c(C/C=C(\C)CCC=C(C)C)[nH]c2ccccc12. The van der Waals surface area contributed by atoms with Crippen molar-refractivity contribution >= 4 is 17.0 Å². The van der Waals surface area contributed by atoms with Crippen LogP contribution in [-0.2, 0) is 6.42 Å². The fourth-order valence-corrected chi connectivity index (χ4v) is 2.65. The number of nitrogens with zero attached hydrogens (tertiary/aromatic N) is 1. The van der Waals surface area contributed by atoms with Gasteiger partial charge in [0.05, 0.1) is 6.57 Å². The van der Waals surface area contributed by atoms with Crippen molar-refractivity contribution in [2.75, 3.05) is 0 Å². The van der Waals surface area contributed by atoms with Crippen molar-refractivity contribution in [1.82, 2.24) is 4.98 Å². The number of aromatic nitrogens is 1. The van der Waals surface area contributed by atoms with E-state index in [2.05, 4.69) is 54.9 Å². The molecule has 1 heterocycles. The highest BCUT2D eigenvalue weighted by Crippen LogP contribution is 2.25. The van der Waals surface area contributed by atoms with E-state index in [1.165, 1.54) is 28.4 Å². The molecule has 2 rings (SSSR count). The lowest BCUT2D eigenvalue weighted by atomic mass is 10.1. The molecular formula is C21H24N2. The monoisotopic (exact) mass is 304 g/mol. The van der Waals surface area contributed by atoms with E-state index in [4.69, 9.17) is 6.57 Å². The molecule has 1 aromatic heterocycles. The maximum Gasteiger partial charge on any atom is 0.154 e. The van der Waals surface area contributed by atoms with Crippen LogP contribution in [0.15, 0.2) is 53.8 Å². The second kappa shape index (κ2) is 8.19. The molecule has 0 saturated heterocycles. The Bertz CT molecular complexity index is 791. The van der Waals surface area contributed by atoms with E-state index in [1.807, 2.05) is 18.2 Å². The van der Waals surface area contributed by atoms with Crippen LogP contribution < -0.4 is 0 Å². The molecular weight excluding hydrogens is 280 g/mol. The zero-order chi connectivity index (χ0) is 16.7. The highest BCUT2D eigenvalue weighted by atomic mass is 14.7. The van der Waals surface area contributed by atoms with Gasteiger partial charge in [0.1, 0.15) is 0 Å². The molecule has 0 unspecified atom stereocenters. The lowest BCUT2D eigenvalue weighted by Crippen LogP contribution is -1.87. The molecule has 1 N–H and O–H groups in total. The molecule has 0 atom stereocenters. The Hall–Kier alpha value is -2.53. The lowest BCUT2D eigenvalue weighted by Gasteiger charge is -2.01. The van der Waals surface area contributed by atoms with Crippen LogP contribution in [-0.4, -0.2) is 4.98 Å². The predicted octanol–water partition coefficient (Wildman–Crippen LogP) is 6.29. The molecule has 2 aromatic rings. The molecule has 118 valence electrons. The first kappa shape index (κ1) is 16.8. The number of fused-ring (bicyclic) bond motifs is 1. The first-order valence-corrected chi connectivity index (χ1v) is 8.03. The van der Waals surface area contributed by atoms with Gasteiger partial charge >= 0.3 is 0 Å². The number of allylic oxidation sites excluding steroid dienone is 4. The van der Waals surface area contributed by atoms with Crippen molar-refractivity contribution < 1.29 is 0 Å². The molecule has 0 aliphatic rings. The van der Waals surface area contributed by atoms with Crippen LogP contribution in [0.1, 0.15) is 44.9 Å². The van der Waals surface area contributed by atoms with E-state index < -0.39 is 0 Å². The Kier molecular flexibility index (Phi) is 6.00. The van der Waals surface area contributed by atoms with Gasteiger partial charge in [-0.05, 0) is 45.2 Å². The van der Waals surface area contributed by atoms with E-state index in [-0.39, 0.29) is 0 Å². The van der Waals surface area contributed by atoms with Gasteiger partial charge in [-0.3, -0.25) is 0 Å². The van der Waals surface area contributed by atoms with Crippen LogP contribution in [0.2, 0.25) is 0 Å². The first-order valence-electron chi connectivity index (χ1n) is 8.03. The number of nitrogens with one attached hydrogen (secondary N) is 1. The quantitative estimate of drug-likeness (QED) is 0.478. The Labute approximate surface area is 139 Å². The number of rotatable bonds is 6. The first-order chi connectivity index (χ1) is 11.1. The van der Waals surface area contributed by atoms with Crippen LogP contribution in [0.4, 0.5) is 0 Å². The van der Waals surface area contributed by atoms with Gasteiger partial charge in [0, 0.05) is 23.0 Å². The molecule has 0 radical (unpaired) electrons. The Morgan fingerprint density at radius 1 is 1.17 bits per heavy atom. The minimum absolute atomic E-state index is 0.868. The normalized spacial score (nSPS) is 11.8. The maximum atomic E-state index is 6.97. The highest BCUT2D eigenvalue weighted by molar-refractivity contribution is 5.90. The van der Waals surface area contributed by atoms with E-state index in [0.29, 0.717) is 0 Å². The molecule has 0 amide bonds. The zero-order valence-electron chi connectivity index (χ0n) is 14.2. The Morgan fingerprint density at radius 2 is 1.96 bits per heavy atom. The summed E-state index contributed by atoms with van der Waals surface area (Å²) in [4.78, 5) is 6.84. The van der Waals surface area contributed by atoms with Gasteiger partial charge < -0.3 is 4.98 Å². The standard InChI is InChI=1S/C21H24N2/c1-16(2)8-7-9-17(3)12-13-21-19(14-15-22-4)18-10-5-6-11-20(18)23-21/h5-6,8,10-12,14-15,23H,7,9,13H2,1-3H3/b15-14-,17-12+. The van der Waals surface area contributed by atoms with Crippen molar-refractivity contribution in [1.29, 1.82) is 0 Å². The van der Waals surface area contributed by atoms with E-state index in [0.717, 1.165) is 30.3 Å². The van der Waals surface area contributed by atoms with Gasteiger partial charge in [-0.25, -0.2) is 4.85 Å². The summed E-state index contributed by atoms with van der Waals surface area (Å²) >= 11 is 0. The molecule has 2 heteroatoms. The minimum Gasteiger partial charge on any atom is -0.358 e. The molecule has 23 heavy (non-hydrogen) atoms. The average molecular weight is 304 g/mol. The summed E-state index contributed by atoms with van der Waals surface area (Å²) in [5.41, 5.74) is 6.21. The molecule has 0 spiro atoms. The van der Waals surface area contributed by atoms with Crippen molar-refractivity contribution in [3.05, 3.63) is 76.4 Å². The summed E-state index contributed by atoms with van der Waals surface area (Å²) in [5, 5.41) is 1.18. The lowest BCUT2D eigenvalue weighted by molar-refractivity contribution is 0.952. The number of para-hydroxylation sites is 1. The minimum atomic E-state index is 0.868. The fourth-order valence-electron chi connectivity index (χ4n) is 2.65. The topological polar surface area (TPSA) is 20.1 Å². The third-order valence-corrected chi connectivity index (χ3v) is 3.89. The van der Waals surface area contributed by atoms with Crippen LogP contribution in [0.3, 0.4) is 0 Å². The Morgan fingerprint density at radius 3 is 2.70 bits per heavy atom. The smallest absolute Gasteiger partial charge is 0.154 e. The van der Waals surface area contributed by atoms with Crippen LogP contribution >= 0.6 is 0 Å². The third-order valence-electron chi connectivity index (χ3n) is 3.89. The molecule has 0 fully saturated rings. The van der Waals surface area contributed by atoms with Crippen molar-refractivity contribution in [3.8, 4) is 0 Å². The number of H-pyrrole nitrogens is 1. The van der Waals surface area contributed by atoms with Crippen molar-refractivity contribution in [2.24, 2.45) is 0 Å². The second-order valence-corrected chi connectivity index (χ2v) is 6.08. The number of benzene rings is 1. The molecule has 0 bridgehead atoms. The summed E-state index contributed by atoms with van der Waals surface area (Å²) in [6.45, 7) is 13.4. The van der Waals surface area contributed by atoms with E-state index in [1.54, 1.807) is 0 Å². The summed E-state index contributed by atoms with van der Waals surface area (Å²) in [6.07, 6.45) is 11.1. The molecule has 2 nitrogen and oxygen atoms in total. The predicted molar refractivity (Wildman–Crippen MR) is 100 cm³/mol. The third kappa shape index (κ3) is 4.72. The van der Waals surface area contributed by atoms with E-state index >= 15 is 0 Å². The van der Waals surface area contributed by atoms with Gasteiger partial charge in [0.2, 0.25) is 0 Å². The van der Waals surface area contributed by atoms with Gasteiger partial charge in [-0.1, -0.05) is 47.6 Å². The van der Waals surface area contributed by atoms with Crippen LogP contribution in [0.5, 0.6) is 0 Å². The van der Waals surface area contributed by atoms with Gasteiger partial charge in [-0.2, -0.15) is 0 Å². The number of hydrogen-bond acceptors (Lipinski definition) is 0. The molecule has 0 saturated carbocycles. The maximum absolute atomic E-state index is 6.97. The van der Waals surface area contributed by atoms with Crippen LogP contribution in [0.25, 0.3) is 21.8 Å². The van der Waals surface area contributed by atoms with Gasteiger partial charge in [0.25, 0.3) is 0 Å². The summed E-state index contributed by atoms with van der Waals surface area (Å²) in [6, 6.07) is 8.25. The van der Waals surface area contributed by atoms with Gasteiger partial charge in [-0.15, -0.1) is 0 Å². The zero-order valence-corrected chi connectivity index (χ0v) is 14.2. The molecule has 0 aliphatic carbocycles. The Balaban J connectivity index is 2.20. The van der Waals surface area contributed by atoms with Gasteiger partial charge in [0.15, 0.2) is 6.20 Å². The summed E-state index contributed by atoms with van der Waals surface area (Å²) in [7, 11) is 0. The van der Waals surface area contributed by atoms with E-state index in [9.17, 15) is 0 Å². The summed E-state index contributed by atoms with van der Waals surface area (Å²) in [5.74, 6) is 0. The fraction of sp³-hybridized carbons (Fsp3) is 0.286. The number of aromatic amines is 1. The second-order valence-electron chi connectivity index (χ2n) is 6.08. The largest absolute Gasteiger partial charge is 0.358 e. The summed E-state index contributed by atoms with van der Waals surface area (Å²) < 4.78 is 0. The molecule has 1 aromatic carbocycles. The van der Waals surface area contributed by atoms with Crippen molar-refractivity contribution in [3.63, 3.8) is 0 Å².